The van der Waals surface area contributed by atoms with Gasteiger partial charge in [0.2, 0.25) is 5.88 Å². The topological polar surface area (TPSA) is 63.2 Å². The van der Waals surface area contributed by atoms with Crippen molar-refractivity contribution in [3.63, 3.8) is 0 Å². The summed E-state index contributed by atoms with van der Waals surface area (Å²) in [6.07, 6.45) is 7.35. The Morgan fingerprint density at radius 3 is 2.69 bits per heavy atom. The number of amides is 1. The molecule has 1 aromatic heterocycles. The van der Waals surface area contributed by atoms with Crippen molar-refractivity contribution >= 4 is 29.4 Å². The summed E-state index contributed by atoms with van der Waals surface area (Å²) in [6, 6.07) is 11.7. The lowest BCUT2D eigenvalue weighted by molar-refractivity contribution is 0.0922. The van der Waals surface area contributed by atoms with Gasteiger partial charge in [-0.05, 0) is 74.0 Å². The number of carbonyl (C=O) groups excluding carboxylic acids is 1. The van der Waals surface area contributed by atoms with Gasteiger partial charge in [-0.25, -0.2) is 9.82 Å². The molecule has 0 radical (unpaired) electrons. The van der Waals surface area contributed by atoms with Crippen molar-refractivity contribution in [2.24, 2.45) is 0 Å². The van der Waals surface area contributed by atoms with Crippen molar-refractivity contribution in [3.05, 3.63) is 48.2 Å². The molecule has 0 bridgehead atoms. The quantitative estimate of drug-likeness (QED) is 0.565. The van der Waals surface area contributed by atoms with Crippen molar-refractivity contribution in [1.82, 2.24) is 15.1 Å². The lowest BCUT2D eigenvalue weighted by atomic mass is 9.91. The number of halogens is 1. The molecule has 1 heterocycles. The lowest BCUT2D eigenvalue weighted by Crippen LogP contribution is -2.40. The van der Waals surface area contributed by atoms with E-state index in [2.05, 4.69) is 15.1 Å². The van der Waals surface area contributed by atoms with Crippen LogP contribution in [0.3, 0.4) is 0 Å². The standard InChI is InChI=1S/C19H22ClN3O2S/c1-26-16-5-2-4-15(12-16)25-19-17(6-3-11-21-19)18(24)22-13-7-9-14(23-20)10-8-13/h2-6,11-14,23H,7-10H2,1H3,(H,22,24). The summed E-state index contributed by atoms with van der Waals surface area (Å²) in [5.74, 6) is 0.828. The summed E-state index contributed by atoms with van der Waals surface area (Å²) in [5.41, 5.74) is 0.444. The first kappa shape index (κ1) is 19.0. The van der Waals surface area contributed by atoms with E-state index in [0.717, 1.165) is 30.6 Å². The zero-order valence-electron chi connectivity index (χ0n) is 14.6. The van der Waals surface area contributed by atoms with Crippen LogP contribution in [0.5, 0.6) is 11.6 Å². The lowest BCUT2D eigenvalue weighted by Gasteiger charge is -2.28. The minimum atomic E-state index is -0.156. The van der Waals surface area contributed by atoms with Crippen LogP contribution in [0.2, 0.25) is 0 Å². The van der Waals surface area contributed by atoms with Crippen molar-refractivity contribution < 1.29 is 9.53 Å². The highest BCUT2D eigenvalue weighted by atomic mass is 35.5. The Balaban J connectivity index is 1.69. The van der Waals surface area contributed by atoms with E-state index in [-0.39, 0.29) is 11.9 Å². The van der Waals surface area contributed by atoms with Crippen molar-refractivity contribution in [1.29, 1.82) is 0 Å². The van der Waals surface area contributed by atoms with E-state index in [0.29, 0.717) is 23.2 Å². The molecule has 0 aliphatic heterocycles. The van der Waals surface area contributed by atoms with Gasteiger partial charge in [0.25, 0.3) is 5.91 Å². The number of rotatable bonds is 6. The Morgan fingerprint density at radius 1 is 1.19 bits per heavy atom. The van der Waals surface area contributed by atoms with Crippen LogP contribution < -0.4 is 14.9 Å². The predicted molar refractivity (Wildman–Crippen MR) is 105 cm³/mol. The molecule has 1 saturated carbocycles. The molecule has 1 amide bonds. The monoisotopic (exact) mass is 391 g/mol. The summed E-state index contributed by atoms with van der Waals surface area (Å²) in [5, 5.41) is 3.09. The molecule has 0 saturated heterocycles. The summed E-state index contributed by atoms with van der Waals surface area (Å²) >= 11 is 7.32. The Hall–Kier alpha value is -1.76. The first-order valence-electron chi connectivity index (χ1n) is 8.63. The molecule has 0 spiro atoms. The first-order valence-corrected chi connectivity index (χ1v) is 10.2. The van der Waals surface area contributed by atoms with E-state index in [1.54, 1.807) is 30.1 Å². The van der Waals surface area contributed by atoms with E-state index in [1.807, 2.05) is 30.5 Å². The zero-order chi connectivity index (χ0) is 18.4. The number of ether oxygens (including phenoxy) is 1. The highest BCUT2D eigenvalue weighted by Crippen LogP contribution is 2.27. The van der Waals surface area contributed by atoms with Gasteiger partial charge in [0.05, 0.1) is 0 Å². The van der Waals surface area contributed by atoms with E-state index in [9.17, 15) is 4.79 Å². The minimum Gasteiger partial charge on any atom is -0.438 e. The van der Waals surface area contributed by atoms with Gasteiger partial charge in [0.15, 0.2) is 0 Å². The summed E-state index contributed by atoms with van der Waals surface area (Å²) < 4.78 is 5.88. The molecular weight excluding hydrogens is 370 g/mol. The second-order valence-corrected chi connectivity index (χ2v) is 7.37. The van der Waals surface area contributed by atoms with E-state index < -0.39 is 0 Å². The summed E-state index contributed by atoms with van der Waals surface area (Å²) in [4.78, 5) is 20.8. The number of hydrogen-bond donors (Lipinski definition) is 2. The van der Waals surface area contributed by atoms with E-state index in [1.165, 1.54) is 0 Å². The average Bonchev–Trinajstić information content (AvgIpc) is 2.69. The Bertz CT molecular complexity index is 751. The number of pyridine rings is 1. The number of carbonyl (C=O) groups is 1. The molecule has 26 heavy (non-hydrogen) atoms. The molecule has 3 rings (SSSR count). The molecule has 1 aliphatic rings. The molecule has 1 aromatic carbocycles. The van der Waals surface area contributed by atoms with Gasteiger partial charge in [0, 0.05) is 23.2 Å². The van der Waals surface area contributed by atoms with Crippen LogP contribution in [0.1, 0.15) is 36.0 Å². The fraction of sp³-hybridized carbons (Fsp3) is 0.368. The van der Waals surface area contributed by atoms with Crippen LogP contribution in [0.15, 0.2) is 47.5 Å². The number of aromatic nitrogens is 1. The molecule has 0 unspecified atom stereocenters. The maximum absolute atomic E-state index is 12.7. The van der Waals surface area contributed by atoms with Crippen LogP contribution in [0.4, 0.5) is 0 Å². The maximum Gasteiger partial charge on any atom is 0.257 e. The number of benzene rings is 1. The largest absolute Gasteiger partial charge is 0.438 e. The van der Waals surface area contributed by atoms with Gasteiger partial charge in [-0.15, -0.1) is 11.8 Å². The van der Waals surface area contributed by atoms with E-state index in [4.69, 9.17) is 16.5 Å². The van der Waals surface area contributed by atoms with Crippen LogP contribution in [-0.4, -0.2) is 29.2 Å². The number of nitrogens with zero attached hydrogens (tertiary/aromatic N) is 1. The fourth-order valence-corrected chi connectivity index (χ4v) is 3.70. The van der Waals surface area contributed by atoms with Gasteiger partial charge in [-0.2, -0.15) is 0 Å². The normalized spacial score (nSPS) is 19.8. The third-order valence-electron chi connectivity index (χ3n) is 4.49. The molecule has 2 N–H and O–H groups in total. The molecule has 5 nitrogen and oxygen atoms in total. The smallest absolute Gasteiger partial charge is 0.257 e. The average molecular weight is 392 g/mol. The van der Waals surface area contributed by atoms with Gasteiger partial charge in [-0.3, -0.25) is 4.79 Å². The molecule has 1 aliphatic carbocycles. The molecule has 0 atom stereocenters. The van der Waals surface area contributed by atoms with Crippen molar-refractivity contribution in [3.8, 4) is 11.6 Å². The molecular formula is C19H22ClN3O2S. The zero-order valence-corrected chi connectivity index (χ0v) is 16.1. The van der Waals surface area contributed by atoms with Crippen LogP contribution in [-0.2, 0) is 0 Å². The van der Waals surface area contributed by atoms with Gasteiger partial charge >= 0.3 is 0 Å². The Morgan fingerprint density at radius 2 is 1.96 bits per heavy atom. The number of nitrogens with one attached hydrogen (secondary N) is 2. The van der Waals surface area contributed by atoms with E-state index >= 15 is 0 Å². The second-order valence-electron chi connectivity index (χ2n) is 6.27. The SMILES string of the molecule is CSc1cccc(Oc2ncccc2C(=O)NC2CCC(NCl)CC2)c1. The Kier molecular flexibility index (Phi) is 6.77. The van der Waals surface area contributed by atoms with Crippen LogP contribution in [0, 0.1) is 0 Å². The molecule has 2 aromatic rings. The van der Waals surface area contributed by atoms with Gasteiger partial charge < -0.3 is 10.1 Å². The number of hydrogen-bond acceptors (Lipinski definition) is 5. The molecule has 7 heteroatoms. The Labute approximate surface area is 163 Å². The maximum atomic E-state index is 12.7. The first-order chi connectivity index (χ1) is 12.7. The fourth-order valence-electron chi connectivity index (χ4n) is 3.03. The molecule has 1 fully saturated rings. The van der Waals surface area contributed by atoms with Crippen molar-refractivity contribution in [2.75, 3.05) is 6.26 Å². The van der Waals surface area contributed by atoms with Crippen LogP contribution in [0.25, 0.3) is 0 Å². The highest BCUT2D eigenvalue weighted by Gasteiger charge is 2.23. The van der Waals surface area contributed by atoms with Gasteiger partial charge in [-0.1, -0.05) is 6.07 Å². The van der Waals surface area contributed by atoms with Crippen molar-refractivity contribution in [2.45, 2.75) is 42.7 Å². The highest BCUT2D eigenvalue weighted by molar-refractivity contribution is 7.98. The van der Waals surface area contributed by atoms with Gasteiger partial charge in [0.1, 0.15) is 11.3 Å². The second kappa shape index (κ2) is 9.26. The summed E-state index contributed by atoms with van der Waals surface area (Å²) in [7, 11) is 0. The third-order valence-corrected chi connectivity index (χ3v) is 5.52. The predicted octanol–water partition coefficient (Wildman–Crippen LogP) is 4.38. The van der Waals surface area contributed by atoms with Crippen LogP contribution >= 0.6 is 23.5 Å². The minimum absolute atomic E-state index is 0.150. The summed E-state index contributed by atoms with van der Waals surface area (Å²) in [6.45, 7) is 0. The molecule has 138 valence electrons. The third kappa shape index (κ3) is 4.90. The number of thioether (sulfide) groups is 1.